The molecule has 0 saturated carbocycles. The van der Waals surface area contributed by atoms with Gasteiger partial charge >= 0.3 is 12.0 Å². The number of hydrogen-bond donors (Lipinski definition) is 2. The van der Waals surface area contributed by atoms with Crippen LogP contribution in [0, 0.1) is 0 Å². The molecule has 0 bridgehead atoms. The van der Waals surface area contributed by atoms with Gasteiger partial charge in [0.2, 0.25) is 0 Å². The SMILES string of the molecule is CCOC(=O)CNC(=O)N1Cc2ccccc2N(C(=O)c2ccc(OCCO)cc2Cl)C[C@H]1C. The van der Waals surface area contributed by atoms with Crippen LogP contribution in [0.25, 0.3) is 0 Å². The van der Waals surface area contributed by atoms with Crippen LogP contribution in [0.4, 0.5) is 10.5 Å². The molecule has 0 unspecified atom stereocenters. The summed E-state index contributed by atoms with van der Waals surface area (Å²) in [6.45, 7) is 4.00. The third kappa shape index (κ3) is 5.98. The molecular weight excluding hydrogens is 462 g/mol. The maximum Gasteiger partial charge on any atom is 0.325 e. The third-order valence-electron chi connectivity index (χ3n) is 5.33. The van der Waals surface area contributed by atoms with Crippen molar-refractivity contribution in [1.82, 2.24) is 10.2 Å². The van der Waals surface area contributed by atoms with E-state index >= 15 is 0 Å². The fraction of sp³-hybridized carbons (Fsp3) is 0.375. The van der Waals surface area contributed by atoms with Crippen LogP contribution in [0.1, 0.15) is 29.8 Å². The van der Waals surface area contributed by atoms with E-state index < -0.39 is 12.0 Å². The number of fused-ring (bicyclic) bond motifs is 1. The summed E-state index contributed by atoms with van der Waals surface area (Å²) in [5.41, 5.74) is 1.75. The molecule has 0 spiro atoms. The Labute approximate surface area is 203 Å². The minimum atomic E-state index is -0.517. The second-order valence-electron chi connectivity index (χ2n) is 7.70. The van der Waals surface area contributed by atoms with Gasteiger partial charge in [-0.05, 0) is 43.7 Å². The Morgan fingerprint density at radius 1 is 1.21 bits per heavy atom. The van der Waals surface area contributed by atoms with Gasteiger partial charge in [0.05, 0.1) is 23.8 Å². The smallest absolute Gasteiger partial charge is 0.325 e. The van der Waals surface area contributed by atoms with Crippen LogP contribution >= 0.6 is 11.6 Å². The molecule has 3 rings (SSSR count). The zero-order chi connectivity index (χ0) is 24.7. The number of hydrogen-bond acceptors (Lipinski definition) is 6. The molecule has 0 fully saturated rings. The number of urea groups is 1. The normalized spacial score (nSPS) is 15.2. The van der Waals surface area contributed by atoms with E-state index in [4.69, 9.17) is 26.2 Å². The molecule has 1 atom stereocenters. The molecule has 34 heavy (non-hydrogen) atoms. The van der Waals surface area contributed by atoms with Gasteiger partial charge in [0, 0.05) is 24.8 Å². The Hall–Kier alpha value is -3.30. The predicted molar refractivity (Wildman–Crippen MR) is 127 cm³/mol. The highest BCUT2D eigenvalue weighted by atomic mass is 35.5. The lowest BCUT2D eigenvalue weighted by Gasteiger charge is -2.29. The number of aliphatic hydroxyl groups excluding tert-OH is 1. The lowest BCUT2D eigenvalue weighted by Crippen LogP contribution is -2.49. The van der Waals surface area contributed by atoms with Crippen molar-refractivity contribution in [3.05, 3.63) is 58.6 Å². The number of carbonyl (C=O) groups excluding carboxylic acids is 3. The molecule has 0 aliphatic carbocycles. The van der Waals surface area contributed by atoms with Crippen LogP contribution < -0.4 is 15.0 Å². The van der Waals surface area contributed by atoms with Gasteiger partial charge in [-0.15, -0.1) is 0 Å². The summed E-state index contributed by atoms with van der Waals surface area (Å²) in [7, 11) is 0. The first-order valence-electron chi connectivity index (χ1n) is 11.0. The molecule has 0 radical (unpaired) electrons. The summed E-state index contributed by atoms with van der Waals surface area (Å²) >= 11 is 6.39. The van der Waals surface area contributed by atoms with E-state index in [2.05, 4.69) is 5.32 Å². The van der Waals surface area contributed by atoms with Gasteiger partial charge in [-0.3, -0.25) is 9.59 Å². The summed E-state index contributed by atoms with van der Waals surface area (Å²) in [5, 5.41) is 11.7. The molecule has 0 saturated heterocycles. The van der Waals surface area contributed by atoms with Crippen molar-refractivity contribution in [2.24, 2.45) is 0 Å². The van der Waals surface area contributed by atoms with E-state index in [1.807, 2.05) is 31.2 Å². The molecule has 9 nitrogen and oxygen atoms in total. The number of benzene rings is 2. The van der Waals surface area contributed by atoms with Gasteiger partial charge in [-0.25, -0.2) is 4.79 Å². The third-order valence-corrected chi connectivity index (χ3v) is 5.64. The molecule has 0 aromatic heterocycles. The van der Waals surface area contributed by atoms with Crippen molar-refractivity contribution in [2.45, 2.75) is 26.4 Å². The summed E-state index contributed by atoms with van der Waals surface area (Å²) in [4.78, 5) is 41.2. The molecule has 1 aliphatic rings. The van der Waals surface area contributed by atoms with Gasteiger partial charge in [0.25, 0.3) is 5.91 Å². The van der Waals surface area contributed by atoms with Crippen LogP contribution in [-0.4, -0.2) is 66.9 Å². The van der Waals surface area contributed by atoms with Gasteiger partial charge < -0.3 is 29.7 Å². The predicted octanol–water partition coefficient (Wildman–Crippen LogP) is 2.83. The minimum absolute atomic E-state index is 0.120. The number of esters is 1. The monoisotopic (exact) mass is 489 g/mol. The maximum atomic E-state index is 13.6. The lowest BCUT2D eigenvalue weighted by molar-refractivity contribution is -0.141. The number of rotatable bonds is 7. The van der Waals surface area contributed by atoms with Crippen LogP contribution in [0.15, 0.2) is 42.5 Å². The molecule has 10 heteroatoms. The second kappa shape index (κ2) is 11.7. The van der Waals surface area contributed by atoms with Crippen molar-refractivity contribution in [1.29, 1.82) is 0 Å². The van der Waals surface area contributed by atoms with Crippen LogP contribution in [-0.2, 0) is 16.1 Å². The first-order valence-corrected chi connectivity index (χ1v) is 11.4. The number of aliphatic hydroxyl groups is 1. The molecule has 2 aromatic rings. The first-order chi connectivity index (χ1) is 16.3. The number of nitrogens with zero attached hydrogens (tertiary/aromatic N) is 2. The summed E-state index contributed by atoms with van der Waals surface area (Å²) in [5.74, 6) is -0.381. The number of carbonyl (C=O) groups is 3. The number of anilines is 1. The first kappa shape index (κ1) is 25.3. The van der Waals surface area contributed by atoms with E-state index in [0.29, 0.717) is 17.0 Å². The zero-order valence-corrected chi connectivity index (χ0v) is 19.9. The van der Waals surface area contributed by atoms with Crippen molar-refractivity contribution >= 4 is 35.2 Å². The number of ether oxygens (including phenoxy) is 2. The highest BCUT2D eigenvalue weighted by molar-refractivity contribution is 6.34. The van der Waals surface area contributed by atoms with Crippen molar-refractivity contribution in [3.8, 4) is 5.75 Å². The molecular formula is C24H28ClN3O6. The maximum absolute atomic E-state index is 13.6. The largest absolute Gasteiger partial charge is 0.491 e. The number of halogens is 1. The molecule has 2 aromatic carbocycles. The Kier molecular flexibility index (Phi) is 8.72. The number of amides is 3. The fourth-order valence-electron chi connectivity index (χ4n) is 3.70. The molecule has 182 valence electrons. The Balaban J connectivity index is 1.84. The average molecular weight is 490 g/mol. The Morgan fingerprint density at radius 3 is 2.68 bits per heavy atom. The standard InChI is InChI=1S/C24H28ClN3O6/c1-3-33-22(30)13-26-24(32)27-15-17-6-4-5-7-21(17)28(14-16(27)2)23(31)19-9-8-18(12-20(19)25)34-11-10-29/h4-9,12,16,29H,3,10-11,13-15H2,1-2H3,(H,26,32)/t16-/m1/s1. The average Bonchev–Trinajstić information content (AvgIpc) is 2.97. The van der Waals surface area contributed by atoms with Crippen molar-refractivity contribution in [2.75, 3.05) is 37.8 Å². The van der Waals surface area contributed by atoms with E-state index in [1.54, 1.807) is 28.9 Å². The molecule has 1 heterocycles. The van der Waals surface area contributed by atoms with Crippen LogP contribution in [0.2, 0.25) is 5.02 Å². The van der Waals surface area contributed by atoms with Crippen molar-refractivity contribution < 1.29 is 29.0 Å². The topological polar surface area (TPSA) is 108 Å². The second-order valence-corrected chi connectivity index (χ2v) is 8.11. The van der Waals surface area contributed by atoms with E-state index in [-0.39, 0.29) is 56.4 Å². The number of nitrogens with one attached hydrogen (secondary N) is 1. The van der Waals surface area contributed by atoms with E-state index in [1.165, 1.54) is 6.07 Å². The minimum Gasteiger partial charge on any atom is -0.491 e. The highest BCUT2D eigenvalue weighted by Crippen LogP contribution is 2.31. The zero-order valence-electron chi connectivity index (χ0n) is 19.1. The van der Waals surface area contributed by atoms with Gasteiger partial charge in [0.1, 0.15) is 18.9 Å². The Morgan fingerprint density at radius 2 is 1.97 bits per heavy atom. The summed E-state index contributed by atoms with van der Waals surface area (Å²) in [6, 6.07) is 11.3. The van der Waals surface area contributed by atoms with E-state index in [0.717, 1.165) is 5.56 Å². The summed E-state index contributed by atoms with van der Waals surface area (Å²) < 4.78 is 10.2. The summed E-state index contributed by atoms with van der Waals surface area (Å²) in [6.07, 6.45) is 0. The number of para-hydroxylation sites is 1. The van der Waals surface area contributed by atoms with Crippen LogP contribution in [0.5, 0.6) is 5.75 Å². The molecule has 2 N–H and O–H groups in total. The van der Waals surface area contributed by atoms with Gasteiger partial charge in [-0.2, -0.15) is 0 Å². The Bertz CT molecular complexity index is 1050. The quantitative estimate of drug-likeness (QED) is 0.579. The lowest BCUT2D eigenvalue weighted by atomic mass is 10.1. The molecule has 1 aliphatic heterocycles. The highest BCUT2D eigenvalue weighted by Gasteiger charge is 2.32. The van der Waals surface area contributed by atoms with Crippen molar-refractivity contribution in [3.63, 3.8) is 0 Å². The van der Waals surface area contributed by atoms with Crippen LogP contribution in [0.3, 0.4) is 0 Å². The van der Waals surface area contributed by atoms with Gasteiger partial charge in [0.15, 0.2) is 0 Å². The van der Waals surface area contributed by atoms with Gasteiger partial charge in [-0.1, -0.05) is 29.8 Å². The molecule has 3 amide bonds. The van der Waals surface area contributed by atoms with E-state index in [9.17, 15) is 14.4 Å². The fourth-order valence-corrected chi connectivity index (χ4v) is 3.95.